The number of esters is 1. The van der Waals surface area contributed by atoms with Crippen LogP contribution >= 0.6 is 0 Å². The highest BCUT2D eigenvalue weighted by Crippen LogP contribution is 2.23. The minimum Gasteiger partial charge on any atom is -0.460 e. The van der Waals surface area contributed by atoms with Gasteiger partial charge in [0.15, 0.2) is 0 Å². The van der Waals surface area contributed by atoms with Crippen LogP contribution in [0.2, 0.25) is 0 Å². The van der Waals surface area contributed by atoms with Gasteiger partial charge in [-0.2, -0.15) is 0 Å². The molecule has 2 rings (SSSR count). The van der Waals surface area contributed by atoms with E-state index in [1.807, 2.05) is 13.8 Å². The van der Waals surface area contributed by atoms with Gasteiger partial charge in [0.1, 0.15) is 0 Å². The number of benzene rings is 1. The van der Waals surface area contributed by atoms with E-state index in [2.05, 4.69) is 0 Å². The van der Waals surface area contributed by atoms with Gasteiger partial charge in [0.2, 0.25) is 0 Å². The fourth-order valence-electron chi connectivity index (χ4n) is 2.40. The molecule has 6 heteroatoms. The lowest BCUT2D eigenvalue weighted by molar-refractivity contribution is -0.137. The molecule has 0 aliphatic carbocycles. The number of ketones is 1. The minimum atomic E-state index is -0.879. The monoisotopic (exact) mass is 304 g/mol. The van der Waals surface area contributed by atoms with Crippen LogP contribution in [0.3, 0.4) is 0 Å². The van der Waals surface area contributed by atoms with E-state index >= 15 is 0 Å². The molecule has 0 bridgehead atoms. The number of amides is 2. The Labute approximate surface area is 129 Å². The Morgan fingerprint density at radius 2 is 2.00 bits per heavy atom. The first-order chi connectivity index (χ1) is 10.5. The van der Waals surface area contributed by atoms with Crippen molar-refractivity contribution < 1.29 is 19.1 Å². The summed E-state index contributed by atoms with van der Waals surface area (Å²) in [6, 6.07) is 6.55. The van der Waals surface area contributed by atoms with Gasteiger partial charge in [0, 0.05) is 30.4 Å². The number of Topliss-reactive ketones (excluding diaryl/α,β-unsaturated/α-hetero) is 1. The second-order valence-electron chi connectivity index (χ2n) is 5.32. The summed E-state index contributed by atoms with van der Waals surface area (Å²) in [5.74, 6) is -1.58. The van der Waals surface area contributed by atoms with Crippen molar-refractivity contribution in [3.8, 4) is 0 Å². The predicted octanol–water partition coefficient (Wildman–Crippen LogP) is 2.08. The van der Waals surface area contributed by atoms with E-state index in [0.717, 1.165) is 0 Å². The Hall–Kier alpha value is -2.37. The molecule has 118 valence electrons. The summed E-state index contributed by atoms with van der Waals surface area (Å²) >= 11 is 0. The number of hydrogen-bond donors (Lipinski definition) is 0. The summed E-state index contributed by atoms with van der Waals surface area (Å²) < 4.78 is 4.72. The molecule has 1 heterocycles. The molecule has 0 unspecified atom stereocenters. The number of carbonyl (C=O) groups excluding carboxylic acids is 3. The molecule has 1 aromatic rings. The zero-order chi connectivity index (χ0) is 16.3. The molecular formula is C16H20N2O4. The molecule has 0 radical (unpaired) electrons. The van der Waals surface area contributed by atoms with Crippen LogP contribution < -0.4 is 4.90 Å². The first kappa shape index (κ1) is 16.0. The van der Waals surface area contributed by atoms with Crippen LogP contribution in [0.5, 0.6) is 0 Å². The van der Waals surface area contributed by atoms with Crippen LogP contribution in [0.1, 0.15) is 31.1 Å². The van der Waals surface area contributed by atoms with E-state index in [-0.39, 0.29) is 24.2 Å². The molecule has 0 aromatic heterocycles. The third-order valence-corrected chi connectivity index (χ3v) is 3.55. The van der Waals surface area contributed by atoms with Gasteiger partial charge in [-0.1, -0.05) is 12.1 Å². The molecule has 2 amide bonds. The summed E-state index contributed by atoms with van der Waals surface area (Å²) in [5, 5.41) is 0. The lowest BCUT2D eigenvalue weighted by Gasteiger charge is -2.22. The molecule has 0 N–H and O–H groups in total. The molecule has 0 atom stereocenters. The zero-order valence-corrected chi connectivity index (χ0v) is 13.0. The highest BCUT2D eigenvalue weighted by Gasteiger charge is 2.31. The fourth-order valence-corrected chi connectivity index (χ4v) is 2.40. The Kier molecular flexibility index (Phi) is 4.80. The topological polar surface area (TPSA) is 66.9 Å². The lowest BCUT2D eigenvalue weighted by atomic mass is 10.1. The number of urea groups is 1. The molecule has 1 aliphatic rings. The summed E-state index contributed by atoms with van der Waals surface area (Å²) in [4.78, 5) is 39.2. The van der Waals surface area contributed by atoms with Crippen molar-refractivity contribution in [1.29, 1.82) is 0 Å². The van der Waals surface area contributed by atoms with Crippen molar-refractivity contribution in [2.45, 2.75) is 26.8 Å². The number of anilines is 1. The Morgan fingerprint density at radius 3 is 2.59 bits per heavy atom. The summed E-state index contributed by atoms with van der Waals surface area (Å²) in [6.45, 7) is 6.92. The molecule has 0 spiro atoms. The average molecular weight is 304 g/mol. The van der Waals surface area contributed by atoms with Crippen LogP contribution in [-0.2, 0) is 9.53 Å². The normalized spacial score (nSPS) is 14.6. The van der Waals surface area contributed by atoms with Gasteiger partial charge in [0.05, 0.1) is 6.61 Å². The second kappa shape index (κ2) is 6.60. The zero-order valence-electron chi connectivity index (χ0n) is 13.0. The van der Waals surface area contributed by atoms with Crippen molar-refractivity contribution >= 4 is 23.5 Å². The average Bonchev–Trinajstić information content (AvgIpc) is 2.88. The van der Waals surface area contributed by atoms with Crippen molar-refractivity contribution in [3.63, 3.8) is 0 Å². The first-order valence-electron chi connectivity index (χ1n) is 7.35. The van der Waals surface area contributed by atoms with E-state index in [9.17, 15) is 14.4 Å². The number of nitrogens with zero attached hydrogens (tertiary/aromatic N) is 2. The molecule has 22 heavy (non-hydrogen) atoms. The maximum absolute atomic E-state index is 12.3. The molecule has 1 fully saturated rings. The lowest BCUT2D eigenvalue weighted by Crippen LogP contribution is -2.36. The SMILES string of the molecule is CCOC(=O)C(=O)c1cccc(N2CCN(C(C)C)C2=O)c1. The van der Waals surface area contributed by atoms with Crippen molar-refractivity contribution in [3.05, 3.63) is 29.8 Å². The number of hydrogen-bond acceptors (Lipinski definition) is 4. The number of rotatable bonds is 5. The highest BCUT2D eigenvalue weighted by molar-refractivity contribution is 6.40. The summed E-state index contributed by atoms with van der Waals surface area (Å²) in [7, 11) is 0. The van der Waals surface area contributed by atoms with Crippen molar-refractivity contribution in [2.24, 2.45) is 0 Å². The van der Waals surface area contributed by atoms with E-state index in [4.69, 9.17) is 4.74 Å². The maximum atomic E-state index is 12.3. The Balaban J connectivity index is 2.21. The molecule has 0 saturated carbocycles. The third kappa shape index (κ3) is 3.10. The van der Waals surface area contributed by atoms with Crippen LogP contribution in [0.15, 0.2) is 24.3 Å². The second-order valence-corrected chi connectivity index (χ2v) is 5.32. The molecule has 1 aliphatic heterocycles. The molecule has 6 nitrogen and oxygen atoms in total. The fraction of sp³-hybridized carbons (Fsp3) is 0.438. The van der Waals surface area contributed by atoms with Crippen LogP contribution in [0.25, 0.3) is 0 Å². The number of ether oxygens (including phenoxy) is 1. The first-order valence-corrected chi connectivity index (χ1v) is 7.35. The molecule has 1 saturated heterocycles. The molecule has 1 aromatic carbocycles. The van der Waals surface area contributed by atoms with Gasteiger partial charge in [0.25, 0.3) is 5.78 Å². The number of carbonyl (C=O) groups is 3. The highest BCUT2D eigenvalue weighted by atomic mass is 16.5. The Morgan fingerprint density at radius 1 is 1.27 bits per heavy atom. The smallest absolute Gasteiger partial charge is 0.379 e. The minimum absolute atomic E-state index is 0.0873. The van der Waals surface area contributed by atoms with Gasteiger partial charge in [-0.25, -0.2) is 9.59 Å². The van der Waals surface area contributed by atoms with Crippen molar-refractivity contribution in [2.75, 3.05) is 24.6 Å². The summed E-state index contributed by atoms with van der Waals surface area (Å²) in [6.07, 6.45) is 0. The van der Waals surface area contributed by atoms with Crippen LogP contribution in [0.4, 0.5) is 10.5 Å². The molecular weight excluding hydrogens is 284 g/mol. The van der Waals surface area contributed by atoms with E-state index in [0.29, 0.717) is 18.8 Å². The van der Waals surface area contributed by atoms with Crippen LogP contribution in [0, 0.1) is 0 Å². The summed E-state index contributed by atoms with van der Waals surface area (Å²) in [5.41, 5.74) is 0.843. The quantitative estimate of drug-likeness (QED) is 0.474. The third-order valence-electron chi connectivity index (χ3n) is 3.55. The van der Waals surface area contributed by atoms with E-state index < -0.39 is 11.8 Å². The predicted molar refractivity (Wildman–Crippen MR) is 82.0 cm³/mol. The van der Waals surface area contributed by atoms with Gasteiger partial charge in [-0.05, 0) is 32.9 Å². The maximum Gasteiger partial charge on any atom is 0.379 e. The largest absolute Gasteiger partial charge is 0.460 e. The van der Waals surface area contributed by atoms with Gasteiger partial charge >= 0.3 is 12.0 Å². The standard InChI is InChI=1S/C16H20N2O4/c1-4-22-15(20)14(19)12-6-5-7-13(10-12)18-9-8-17(11(2)3)16(18)21/h5-7,10-11H,4,8-9H2,1-3H3. The Bertz CT molecular complexity index is 598. The van der Waals surface area contributed by atoms with E-state index in [1.54, 1.807) is 41.0 Å². The van der Waals surface area contributed by atoms with Gasteiger partial charge in [-0.3, -0.25) is 9.69 Å². The van der Waals surface area contributed by atoms with Gasteiger partial charge in [-0.15, -0.1) is 0 Å². The van der Waals surface area contributed by atoms with Crippen molar-refractivity contribution in [1.82, 2.24) is 4.90 Å². The van der Waals surface area contributed by atoms with Crippen LogP contribution in [-0.4, -0.2) is 48.4 Å². The van der Waals surface area contributed by atoms with Gasteiger partial charge < -0.3 is 9.64 Å². The van der Waals surface area contributed by atoms with E-state index in [1.165, 1.54) is 0 Å².